The molecule has 0 saturated carbocycles. The lowest BCUT2D eigenvalue weighted by atomic mass is 10.2. The summed E-state index contributed by atoms with van der Waals surface area (Å²) in [5, 5.41) is 0. The zero-order valence-corrected chi connectivity index (χ0v) is 10.1. The summed E-state index contributed by atoms with van der Waals surface area (Å²) in [5.41, 5.74) is 1.21. The van der Waals surface area contributed by atoms with Gasteiger partial charge >= 0.3 is 0 Å². The van der Waals surface area contributed by atoms with E-state index in [9.17, 15) is 0 Å². The second-order valence-electron chi connectivity index (χ2n) is 3.56. The summed E-state index contributed by atoms with van der Waals surface area (Å²) >= 11 is 0. The summed E-state index contributed by atoms with van der Waals surface area (Å²) in [7, 11) is 2.76. The smallest absolute Gasteiger partial charge is 0.123 e. The summed E-state index contributed by atoms with van der Waals surface area (Å²) < 4.78 is 5.81. The van der Waals surface area contributed by atoms with E-state index in [2.05, 4.69) is 29.2 Å². The number of hydrogen-bond acceptors (Lipinski definition) is 1. The fourth-order valence-electron chi connectivity index (χ4n) is 1.32. The number of para-hydroxylation sites is 1. The number of hydrogen-bond donors (Lipinski definition) is 0. The highest BCUT2D eigenvalue weighted by Crippen LogP contribution is 2.21. The molecule has 1 aromatic rings. The summed E-state index contributed by atoms with van der Waals surface area (Å²) in [6.45, 7) is 4.28. The fourth-order valence-corrected chi connectivity index (χ4v) is 1.70. The Hall–Kier alpha value is -0.550. The van der Waals surface area contributed by atoms with Crippen LogP contribution in [0.2, 0.25) is 0 Å². The Morgan fingerprint density at radius 2 is 2.07 bits per heavy atom. The summed E-state index contributed by atoms with van der Waals surface area (Å²) in [5.74, 6) is 1.25. The van der Waals surface area contributed by atoms with Crippen molar-refractivity contribution in [3.8, 4) is 5.75 Å². The average molecular weight is 210 g/mol. The monoisotopic (exact) mass is 210 g/mol. The lowest BCUT2D eigenvalue weighted by Gasteiger charge is -2.15. The normalized spacial score (nSPS) is 12.5. The van der Waals surface area contributed by atoms with Crippen LogP contribution in [-0.2, 0) is 0 Å². The van der Waals surface area contributed by atoms with Crippen LogP contribution in [-0.4, -0.2) is 5.85 Å². The van der Waals surface area contributed by atoms with Crippen molar-refractivity contribution in [3.63, 3.8) is 0 Å². The molecule has 14 heavy (non-hydrogen) atoms. The van der Waals surface area contributed by atoms with Gasteiger partial charge in [-0.3, -0.25) is 0 Å². The van der Waals surface area contributed by atoms with Crippen LogP contribution >= 0.6 is 9.24 Å². The Bertz CT molecular complexity index is 273. The van der Waals surface area contributed by atoms with Crippen molar-refractivity contribution < 1.29 is 4.74 Å². The molecule has 0 aliphatic carbocycles. The van der Waals surface area contributed by atoms with Crippen molar-refractivity contribution in [1.82, 2.24) is 0 Å². The molecule has 0 saturated heterocycles. The minimum atomic E-state index is 0.246. The zero-order valence-electron chi connectivity index (χ0n) is 8.99. The molecule has 1 rings (SSSR count). The third-order valence-corrected chi connectivity index (χ3v) is 2.68. The van der Waals surface area contributed by atoms with Gasteiger partial charge in [0.2, 0.25) is 0 Å². The van der Waals surface area contributed by atoms with Crippen molar-refractivity contribution in [1.29, 1.82) is 0 Å². The summed E-state index contributed by atoms with van der Waals surface area (Å²) in [4.78, 5) is 0. The van der Waals surface area contributed by atoms with E-state index < -0.39 is 0 Å². The Morgan fingerprint density at radius 3 is 2.71 bits per heavy atom. The topological polar surface area (TPSA) is 9.23 Å². The Kier molecular flexibility index (Phi) is 4.97. The molecule has 1 aromatic carbocycles. The van der Waals surface area contributed by atoms with Crippen molar-refractivity contribution in [2.75, 3.05) is 0 Å². The van der Waals surface area contributed by atoms with E-state index in [1.165, 1.54) is 18.4 Å². The van der Waals surface area contributed by atoms with E-state index in [4.69, 9.17) is 4.74 Å². The maximum atomic E-state index is 5.81. The second-order valence-corrected chi connectivity index (χ2v) is 4.31. The Labute approximate surface area is 89.1 Å². The van der Waals surface area contributed by atoms with E-state index >= 15 is 0 Å². The largest absolute Gasteiger partial charge is 0.486 e. The van der Waals surface area contributed by atoms with Crippen molar-refractivity contribution in [2.45, 2.75) is 39.0 Å². The van der Waals surface area contributed by atoms with Crippen LogP contribution in [0.15, 0.2) is 24.3 Å². The van der Waals surface area contributed by atoms with Gasteiger partial charge in [0.05, 0.1) is 0 Å². The Balaban J connectivity index is 2.47. The molecule has 2 unspecified atom stereocenters. The number of aryl methyl sites for hydroxylation is 1. The van der Waals surface area contributed by atoms with E-state index in [1.807, 2.05) is 18.2 Å². The van der Waals surface area contributed by atoms with Gasteiger partial charge in [0.25, 0.3) is 0 Å². The van der Waals surface area contributed by atoms with Gasteiger partial charge in [-0.1, -0.05) is 40.8 Å². The van der Waals surface area contributed by atoms with Crippen molar-refractivity contribution >= 4 is 9.24 Å². The maximum absolute atomic E-state index is 5.81. The van der Waals surface area contributed by atoms with Crippen molar-refractivity contribution in [3.05, 3.63) is 29.8 Å². The minimum Gasteiger partial charge on any atom is -0.486 e. The zero-order chi connectivity index (χ0) is 10.4. The molecular weight excluding hydrogens is 191 g/mol. The third kappa shape index (κ3) is 3.67. The van der Waals surface area contributed by atoms with Crippen LogP contribution in [0.4, 0.5) is 0 Å². The highest BCUT2D eigenvalue weighted by Gasteiger charge is 2.04. The molecular formula is C12H19OP. The van der Waals surface area contributed by atoms with Crippen molar-refractivity contribution in [2.24, 2.45) is 0 Å². The summed E-state index contributed by atoms with van der Waals surface area (Å²) in [6, 6.07) is 8.15. The highest BCUT2D eigenvalue weighted by atomic mass is 31.0. The molecule has 0 fully saturated rings. The van der Waals surface area contributed by atoms with Crippen LogP contribution in [0.3, 0.4) is 0 Å². The molecule has 2 atom stereocenters. The van der Waals surface area contributed by atoms with Crippen LogP contribution in [0, 0.1) is 6.92 Å². The molecule has 2 heteroatoms. The van der Waals surface area contributed by atoms with Gasteiger partial charge in [0, 0.05) is 0 Å². The van der Waals surface area contributed by atoms with Crippen LogP contribution < -0.4 is 4.74 Å². The predicted molar refractivity (Wildman–Crippen MR) is 64.8 cm³/mol. The first-order valence-corrected chi connectivity index (χ1v) is 5.88. The lowest BCUT2D eigenvalue weighted by molar-refractivity contribution is 0.270. The maximum Gasteiger partial charge on any atom is 0.123 e. The van der Waals surface area contributed by atoms with E-state index in [0.29, 0.717) is 0 Å². The first kappa shape index (κ1) is 11.5. The predicted octanol–water partition coefficient (Wildman–Crippen LogP) is 3.77. The van der Waals surface area contributed by atoms with Crippen LogP contribution in [0.25, 0.3) is 0 Å². The van der Waals surface area contributed by atoms with Crippen LogP contribution in [0.5, 0.6) is 5.75 Å². The average Bonchev–Trinajstić information content (AvgIpc) is 2.18. The highest BCUT2D eigenvalue weighted by molar-refractivity contribution is 7.17. The lowest BCUT2D eigenvalue weighted by Crippen LogP contribution is -2.08. The van der Waals surface area contributed by atoms with Gasteiger partial charge in [-0.15, -0.1) is 0 Å². The van der Waals surface area contributed by atoms with Gasteiger partial charge in [-0.2, -0.15) is 0 Å². The van der Waals surface area contributed by atoms with E-state index in [0.717, 1.165) is 12.2 Å². The first-order chi connectivity index (χ1) is 6.74. The van der Waals surface area contributed by atoms with Gasteiger partial charge in [-0.05, 0) is 31.4 Å². The molecule has 0 aromatic heterocycles. The van der Waals surface area contributed by atoms with Crippen LogP contribution in [0.1, 0.15) is 31.7 Å². The number of benzene rings is 1. The second kappa shape index (κ2) is 6.03. The third-order valence-electron chi connectivity index (χ3n) is 2.21. The molecule has 0 heterocycles. The molecule has 0 bridgehead atoms. The molecule has 0 radical (unpaired) electrons. The first-order valence-electron chi connectivity index (χ1n) is 5.22. The molecule has 0 spiro atoms. The summed E-state index contributed by atoms with van der Waals surface area (Å²) in [6.07, 6.45) is 3.55. The van der Waals surface area contributed by atoms with Gasteiger partial charge in [0.15, 0.2) is 0 Å². The quantitative estimate of drug-likeness (QED) is 0.672. The Morgan fingerprint density at radius 1 is 1.36 bits per heavy atom. The van der Waals surface area contributed by atoms with Gasteiger partial charge < -0.3 is 4.74 Å². The molecule has 1 nitrogen and oxygen atoms in total. The fraction of sp³-hybridized carbons (Fsp3) is 0.500. The molecule has 0 amide bonds. The molecule has 0 N–H and O–H groups in total. The van der Waals surface area contributed by atoms with Gasteiger partial charge in [0.1, 0.15) is 11.6 Å². The number of unbranched alkanes of at least 4 members (excludes halogenated alkanes) is 1. The van der Waals surface area contributed by atoms with E-state index in [-0.39, 0.29) is 5.85 Å². The van der Waals surface area contributed by atoms with E-state index in [1.54, 1.807) is 0 Å². The minimum absolute atomic E-state index is 0.246. The SMILES string of the molecule is CCCCC(P)Oc1ccccc1C. The molecule has 0 aliphatic heterocycles. The molecule has 0 aliphatic rings. The number of rotatable bonds is 5. The molecule has 78 valence electrons. The standard InChI is InChI=1S/C12H19OP/c1-3-4-9-12(14)13-11-8-6-5-7-10(11)2/h5-8,12H,3-4,9,14H2,1-2H3. The van der Waals surface area contributed by atoms with Gasteiger partial charge in [-0.25, -0.2) is 0 Å². The number of ether oxygens (including phenoxy) is 1.